The number of nitrogens with zero attached hydrogens (tertiary/aromatic N) is 3. The first-order chi connectivity index (χ1) is 16.7. The molecule has 2 aromatic carbocycles. The lowest BCUT2D eigenvalue weighted by Crippen LogP contribution is -2.40. The highest BCUT2D eigenvalue weighted by Gasteiger charge is 2.25. The van der Waals surface area contributed by atoms with Crippen LogP contribution in [0.5, 0.6) is 0 Å². The molecule has 188 valence electrons. The van der Waals surface area contributed by atoms with Crippen molar-refractivity contribution >= 4 is 60.4 Å². The van der Waals surface area contributed by atoms with Crippen LogP contribution in [0.2, 0.25) is 0 Å². The number of hydrogen-bond acceptors (Lipinski definition) is 6. The Balaban J connectivity index is 1.34. The third kappa shape index (κ3) is 6.33. The number of rotatable bonds is 7. The number of aliphatic hydroxyl groups excluding tert-OH is 1. The van der Waals surface area contributed by atoms with Crippen molar-refractivity contribution in [2.75, 3.05) is 18.8 Å². The number of thiazole rings is 1. The van der Waals surface area contributed by atoms with Crippen molar-refractivity contribution in [3.05, 3.63) is 57.8 Å². The van der Waals surface area contributed by atoms with Crippen LogP contribution in [0.3, 0.4) is 0 Å². The second-order valence-corrected chi connectivity index (χ2v) is 12.9. The van der Waals surface area contributed by atoms with Gasteiger partial charge >= 0.3 is 0 Å². The van der Waals surface area contributed by atoms with E-state index in [0.717, 1.165) is 37.7 Å². The summed E-state index contributed by atoms with van der Waals surface area (Å²) in [6, 6.07) is 11.3. The summed E-state index contributed by atoms with van der Waals surface area (Å²) < 4.78 is 28.7. The number of carbonyl (C=O) groups is 1. The standard InChI is InChI=1S/C25H30IN3O4S2/c1-17(30)23-16-28(2)25(34-23)27-21-7-10-29(11-8-21)24(31)9-12-35(32,33)22-6-5-19-13-18(15-26)3-4-20(19)14-22/h3-6,13-14,16-17,21,30H,7-12,15H2,1-2H3/b27-25-. The van der Waals surface area contributed by atoms with E-state index >= 15 is 0 Å². The largest absolute Gasteiger partial charge is 0.388 e. The third-order valence-electron chi connectivity index (χ3n) is 6.33. The highest BCUT2D eigenvalue weighted by atomic mass is 127. The molecule has 0 saturated carbocycles. The molecule has 0 aliphatic carbocycles. The average Bonchev–Trinajstić information content (AvgIpc) is 3.22. The zero-order valence-corrected chi connectivity index (χ0v) is 23.6. The Morgan fingerprint density at radius 1 is 1.20 bits per heavy atom. The maximum absolute atomic E-state index is 12.9. The quantitative estimate of drug-likeness (QED) is 0.317. The summed E-state index contributed by atoms with van der Waals surface area (Å²) in [4.78, 5) is 21.3. The molecule has 4 rings (SSSR count). The summed E-state index contributed by atoms with van der Waals surface area (Å²) in [7, 11) is -1.64. The van der Waals surface area contributed by atoms with E-state index in [0.29, 0.717) is 13.1 Å². The molecular weight excluding hydrogens is 597 g/mol. The Labute approximate surface area is 223 Å². The van der Waals surface area contributed by atoms with Crippen molar-refractivity contribution in [2.24, 2.45) is 12.0 Å². The Hall–Kier alpha value is -1.76. The van der Waals surface area contributed by atoms with E-state index in [1.54, 1.807) is 24.0 Å². The van der Waals surface area contributed by atoms with E-state index in [2.05, 4.69) is 28.7 Å². The van der Waals surface area contributed by atoms with Gasteiger partial charge in [-0.1, -0.05) is 58.2 Å². The molecular formula is C25H30IN3O4S2. The smallest absolute Gasteiger partial charge is 0.223 e. The predicted octanol–water partition coefficient (Wildman–Crippen LogP) is 3.98. The molecule has 1 aromatic heterocycles. The number of hydrogen-bond donors (Lipinski definition) is 1. The van der Waals surface area contributed by atoms with Gasteiger partial charge in [0.15, 0.2) is 14.6 Å². The number of piperidine rings is 1. The summed E-state index contributed by atoms with van der Waals surface area (Å²) in [5, 5.41) is 11.7. The van der Waals surface area contributed by atoms with Crippen LogP contribution in [0.15, 0.2) is 52.5 Å². The minimum Gasteiger partial charge on any atom is -0.388 e. The van der Waals surface area contributed by atoms with Crippen molar-refractivity contribution in [1.29, 1.82) is 0 Å². The Morgan fingerprint density at radius 3 is 2.54 bits per heavy atom. The van der Waals surface area contributed by atoms with Crippen molar-refractivity contribution in [1.82, 2.24) is 9.47 Å². The molecule has 1 aliphatic rings. The predicted molar refractivity (Wildman–Crippen MR) is 147 cm³/mol. The van der Waals surface area contributed by atoms with E-state index in [1.165, 1.54) is 16.9 Å². The molecule has 2 heterocycles. The fraction of sp³-hybridized carbons (Fsp3) is 0.440. The fourth-order valence-electron chi connectivity index (χ4n) is 4.21. The van der Waals surface area contributed by atoms with Crippen LogP contribution in [0, 0.1) is 0 Å². The lowest BCUT2D eigenvalue weighted by Gasteiger charge is -2.30. The van der Waals surface area contributed by atoms with Gasteiger partial charge in [0.2, 0.25) is 5.91 Å². The Kier molecular flexibility index (Phi) is 8.34. The number of fused-ring (bicyclic) bond motifs is 1. The highest BCUT2D eigenvalue weighted by molar-refractivity contribution is 14.1. The summed E-state index contributed by atoms with van der Waals surface area (Å²) >= 11 is 3.78. The number of aliphatic hydroxyl groups is 1. The van der Waals surface area contributed by atoms with Crippen LogP contribution >= 0.6 is 33.9 Å². The van der Waals surface area contributed by atoms with E-state index in [1.807, 2.05) is 36.0 Å². The summed E-state index contributed by atoms with van der Waals surface area (Å²) in [5.41, 5.74) is 1.20. The maximum atomic E-state index is 12.9. The molecule has 1 amide bonds. The Bertz CT molecular complexity index is 1390. The van der Waals surface area contributed by atoms with E-state index < -0.39 is 15.9 Å². The first kappa shape index (κ1) is 26.3. The minimum atomic E-state index is -3.55. The SMILES string of the molecule is CC(O)c1cn(C)/c(=N/C2CCN(C(=O)CCS(=O)(=O)c3ccc4cc(CI)ccc4c3)CC2)s1. The minimum absolute atomic E-state index is 0.0203. The second kappa shape index (κ2) is 11.1. The molecule has 0 radical (unpaired) electrons. The van der Waals surface area contributed by atoms with Crippen LogP contribution in [-0.2, 0) is 26.1 Å². The van der Waals surface area contributed by atoms with Crippen molar-refractivity contribution < 1.29 is 18.3 Å². The van der Waals surface area contributed by atoms with Crippen LogP contribution in [-0.4, -0.2) is 53.8 Å². The van der Waals surface area contributed by atoms with Gasteiger partial charge in [-0.25, -0.2) is 8.42 Å². The molecule has 1 unspecified atom stereocenters. The molecule has 0 bridgehead atoms. The molecule has 1 aliphatic heterocycles. The maximum Gasteiger partial charge on any atom is 0.223 e. The van der Waals surface area contributed by atoms with Crippen molar-refractivity contribution in [3.8, 4) is 0 Å². The van der Waals surface area contributed by atoms with E-state index in [-0.39, 0.29) is 29.0 Å². The monoisotopic (exact) mass is 627 g/mol. The number of aryl methyl sites for hydroxylation is 1. The zero-order chi connectivity index (χ0) is 25.2. The lowest BCUT2D eigenvalue weighted by molar-refractivity contribution is -0.131. The molecule has 0 spiro atoms. The lowest BCUT2D eigenvalue weighted by atomic mass is 10.1. The highest BCUT2D eigenvalue weighted by Crippen LogP contribution is 2.23. The normalized spacial score (nSPS) is 16.7. The van der Waals surface area contributed by atoms with E-state index in [9.17, 15) is 18.3 Å². The molecule has 1 fully saturated rings. The summed E-state index contributed by atoms with van der Waals surface area (Å²) in [6.45, 7) is 2.88. The van der Waals surface area contributed by atoms with Gasteiger partial charge < -0.3 is 14.6 Å². The van der Waals surface area contributed by atoms with Crippen LogP contribution < -0.4 is 4.80 Å². The fourth-order valence-corrected chi connectivity index (χ4v) is 6.93. The number of amides is 1. The van der Waals surface area contributed by atoms with Crippen molar-refractivity contribution in [3.63, 3.8) is 0 Å². The molecule has 3 aromatic rings. The van der Waals surface area contributed by atoms with Gasteiger partial charge in [-0.05, 0) is 48.2 Å². The van der Waals surface area contributed by atoms with Gasteiger partial charge in [-0.15, -0.1) is 0 Å². The first-order valence-electron chi connectivity index (χ1n) is 11.6. The molecule has 1 saturated heterocycles. The Morgan fingerprint density at radius 2 is 1.89 bits per heavy atom. The van der Waals surface area contributed by atoms with Gasteiger partial charge in [0.25, 0.3) is 0 Å². The zero-order valence-electron chi connectivity index (χ0n) is 19.9. The third-order valence-corrected chi connectivity index (χ3v) is 10.2. The average molecular weight is 628 g/mol. The summed E-state index contributed by atoms with van der Waals surface area (Å²) in [5.74, 6) is -0.321. The molecule has 1 atom stereocenters. The number of alkyl halides is 1. The topological polar surface area (TPSA) is 92.0 Å². The summed E-state index contributed by atoms with van der Waals surface area (Å²) in [6.07, 6.45) is 2.83. The molecule has 10 heteroatoms. The van der Waals surface area contributed by atoms with Crippen LogP contribution in [0.1, 0.15) is 42.7 Å². The van der Waals surface area contributed by atoms with Gasteiger partial charge in [-0.2, -0.15) is 0 Å². The number of benzene rings is 2. The number of halogens is 1. The number of likely N-dealkylation sites (tertiary alicyclic amines) is 1. The van der Waals surface area contributed by atoms with Crippen LogP contribution in [0.4, 0.5) is 0 Å². The van der Waals surface area contributed by atoms with Gasteiger partial charge in [0.1, 0.15) is 0 Å². The number of sulfone groups is 1. The molecule has 7 nitrogen and oxygen atoms in total. The molecule has 35 heavy (non-hydrogen) atoms. The van der Waals surface area contributed by atoms with Gasteiger partial charge in [-0.3, -0.25) is 9.79 Å². The van der Waals surface area contributed by atoms with Crippen LogP contribution in [0.25, 0.3) is 10.8 Å². The van der Waals surface area contributed by atoms with E-state index in [4.69, 9.17) is 4.99 Å². The van der Waals surface area contributed by atoms with Gasteiger partial charge in [0, 0.05) is 37.2 Å². The molecule has 1 N–H and O–H groups in total. The first-order valence-corrected chi connectivity index (χ1v) is 15.6. The second-order valence-electron chi connectivity index (χ2n) is 8.99. The number of aromatic nitrogens is 1. The number of carbonyl (C=O) groups excluding carboxylic acids is 1. The van der Waals surface area contributed by atoms with Crippen molar-refractivity contribution in [2.45, 2.75) is 47.7 Å². The van der Waals surface area contributed by atoms with Gasteiger partial charge in [0.05, 0.1) is 27.7 Å².